The van der Waals surface area contributed by atoms with Crippen molar-refractivity contribution in [3.8, 4) is 11.5 Å². The first-order chi connectivity index (χ1) is 15.8. The predicted molar refractivity (Wildman–Crippen MR) is 128 cm³/mol. The summed E-state index contributed by atoms with van der Waals surface area (Å²) in [6.07, 6.45) is 0. The van der Waals surface area contributed by atoms with Crippen LogP contribution in [0.25, 0.3) is 0 Å². The molecule has 170 valence electrons. The summed E-state index contributed by atoms with van der Waals surface area (Å²) in [7, 11) is 0. The molecule has 2 aliphatic rings. The molecule has 5 rings (SSSR count). The van der Waals surface area contributed by atoms with E-state index in [1.165, 1.54) is 0 Å². The number of benzene rings is 3. The Hall–Kier alpha value is -2.15. The molecular formula is C24H17Cl4NO4. The first kappa shape index (κ1) is 22.6. The number of carbonyl (C=O) groups excluding carboxylic acids is 1. The molecule has 3 aromatic carbocycles. The third-order valence-electron chi connectivity index (χ3n) is 5.48. The maximum absolute atomic E-state index is 13.0. The molecule has 0 radical (unpaired) electrons. The summed E-state index contributed by atoms with van der Waals surface area (Å²) in [5, 5.41) is 1.65. The minimum atomic E-state index is -1.45. The SMILES string of the molecule is O=C(c1ccc2c(c1)OC(c1cc(Cl)cc(Cl)c1)(c1cc(Cl)cc(Cl)c1)O2)N1CCOCC1. The molecule has 0 aromatic heterocycles. The van der Waals surface area contributed by atoms with Gasteiger partial charge in [0.2, 0.25) is 0 Å². The predicted octanol–water partition coefficient (Wildman–Crippen LogP) is 6.45. The van der Waals surface area contributed by atoms with Crippen LogP contribution >= 0.6 is 46.4 Å². The number of carbonyl (C=O) groups is 1. The first-order valence-corrected chi connectivity index (χ1v) is 11.7. The number of hydrogen-bond donors (Lipinski definition) is 0. The zero-order chi connectivity index (χ0) is 23.2. The smallest absolute Gasteiger partial charge is 0.305 e. The van der Waals surface area contributed by atoms with Gasteiger partial charge in [-0.1, -0.05) is 46.4 Å². The van der Waals surface area contributed by atoms with Gasteiger partial charge in [0.25, 0.3) is 5.91 Å². The van der Waals surface area contributed by atoms with E-state index in [1.54, 1.807) is 59.5 Å². The van der Waals surface area contributed by atoms with E-state index in [0.717, 1.165) is 0 Å². The van der Waals surface area contributed by atoms with Crippen LogP contribution in [-0.4, -0.2) is 37.1 Å². The van der Waals surface area contributed by atoms with E-state index in [1.807, 2.05) is 0 Å². The monoisotopic (exact) mass is 523 g/mol. The lowest BCUT2D eigenvalue weighted by Crippen LogP contribution is -2.40. The Morgan fingerprint density at radius 1 is 0.727 bits per heavy atom. The van der Waals surface area contributed by atoms with E-state index in [-0.39, 0.29) is 5.91 Å². The summed E-state index contributed by atoms with van der Waals surface area (Å²) in [6, 6.07) is 15.1. The lowest BCUT2D eigenvalue weighted by molar-refractivity contribution is -0.0459. The summed E-state index contributed by atoms with van der Waals surface area (Å²) >= 11 is 25.2. The summed E-state index contributed by atoms with van der Waals surface area (Å²) in [5.74, 6) is -0.688. The molecule has 0 N–H and O–H groups in total. The molecule has 33 heavy (non-hydrogen) atoms. The molecule has 9 heteroatoms. The largest absolute Gasteiger partial charge is 0.440 e. The van der Waals surface area contributed by atoms with E-state index in [0.29, 0.717) is 74.6 Å². The number of morpholine rings is 1. The van der Waals surface area contributed by atoms with E-state index in [2.05, 4.69) is 0 Å². The van der Waals surface area contributed by atoms with Crippen molar-refractivity contribution >= 4 is 52.3 Å². The van der Waals surface area contributed by atoms with Crippen molar-refractivity contribution < 1.29 is 19.0 Å². The summed E-state index contributed by atoms with van der Waals surface area (Å²) in [5.41, 5.74) is 1.59. The van der Waals surface area contributed by atoms with Crippen LogP contribution in [-0.2, 0) is 10.5 Å². The van der Waals surface area contributed by atoms with Crippen LogP contribution in [0.5, 0.6) is 11.5 Å². The maximum Gasteiger partial charge on any atom is 0.305 e. The molecule has 0 saturated carbocycles. The lowest BCUT2D eigenvalue weighted by Gasteiger charge is -2.29. The number of ether oxygens (including phenoxy) is 3. The second-order valence-electron chi connectivity index (χ2n) is 7.70. The van der Waals surface area contributed by atoms with Crippen molar-refractivity contribution in [1.82, 2.24) is 4.90 Å². The zero-order valence-corrected chi connectivity index (χ0v) is 20.1. The van der Waals surface area contributed by atoms with E-state index >= 15 is 0 Å². The van der Waals surface area contributed by atoms with Crippen LogP contribution < -0.4 is 9.47 Å². The Labute approximate surface area is 210 Å². The van der Waals surface area contributed by atoms with Crippen LogP contribution in [0, 0.1) is 0 Å². The molecule has 0 aliphatic carbocycles. The molecule has 5 nitrogen and oxygen atoms in total. The van der Waals surface area contributed by atoms with Crippen LogP contribution in [0.1, 0.15) is 21.5 Å². The van der Waals surface area contributed by atoms with Gasteiger partial charge in [0.1, 0.15) is 0 Å². The highest BCUT2D eigenvalue weighted by Gasteiger charge is 2.46. The number of amides is 1. The van der Waals surface area contributed by atoms with E-state index in [4.69, 9.17) is 60.6 Å². The molecule has 1 fully saturated rings. The minimum absolute atomic E-state index is 0.0983. The fourth-order valence-electron chi connectivity index (χ4n) is 3.97. The fourth-order valence-corrected chi connectivity index (χ4v) is 5.03. The molecule has 2 heterocycles. The van der Waals surface area contributed by atoms with Crippen molar-refractivity contribution in [3.05, 3.63) is 91.4 Å². The third-order valence-corrected chi connectivity index (χ3v) is 6.35. The Morgan fingerprint density at radius 2 is 1.24 bits per heavy atom. The maximum atomic E-state index is 13.0. The van der Waals surface area contributed by atoms with E-state index < -0.39 is 5.79 Å². The molecule has 0 unspecified atom stereocenters. The number of fused-ring (bicyclic) bond motifs is 1. The van der Waals surface area contributed by atoms with Crippen LogP contribution in [0.3, 0.4) is 0 Å². The molecule has 1 amide bonds. The van der Waals surface area contributed by atoms with Gasteiger partial charge < -0.3 is 19.1 Å². The van der Waals surface area contributed by atoms with Crippen molar-refractivity contribution in [3.63, 3.8) is 0 Å². The zero-order valence-electron chi connectivity index (χ0n) is 17.1. The number of halogens is 4. The molecule has 3 aromatic rings. The number of rotatable bonds is 3. The van der Waals surface area contributed by atoms with Gasteiger partial charge >= 0.3 is 5.79 Å². The van der Waals surface area contributed by atoms with Crippen molar-refractivity contribution in [2.24, 2.45) is 0 Å². The van der Waals surface area contributed by atoms with Gasteiger partial charge in [-0.05, 0) is 54.6 Å². The third kappa shape index (κ3) is 4.36. The molecule has 0 atom stereocenters. The average Bonchev–Trinajstić information content (AvgIpc) is 3.18. The second kappa shape index (κ2) is 8.90. The minimum Gasteiger partial charge on any atom is -0.440 e. The molecule has 1 saturated heterocycles. The van der Waals surface area contributed by atoms with Gasteiger partial charge in [-0.3, -0.25) is 4.79 Å². The van der Waals surface area contributed by atoms with Gasteiger partial charge in [-0.2, -0.15) is 0 Å². The van der Waals surface area contributed by atoms with Gasteiger partial charge in [0, 0.05) is 49.9 Å². The van der Waals surface area contributed by atoms with Gasteiger partial charge in [-0.25, -0.2) is 0 Å². The summed E-state index contributed by atoms with van der Waals surface area (Å²) in [4.78, 5) is 14.7. The fraction of sp³-hybridized carbons (Fsp3) is 0.208. The highest BCUT2D eigenvalue weighted by atomic mass is 35.5. The lowest BCUT2D eigenvalue weighted by atomic mass is 9.97. The quantitative estimate of drug-likeness (QED) is 0.395. The molecular weight excluding hydrogens is 508 g/mol. The van der Waals surface area contributed by atoms with Crippen LogP contribution in [0.15, 0.2) is 54.6 Å². The number of hydrogen-bond acceptors (Lipinski definition) is 4. The molecule has 0 spiro atoms. The Balaban J connectivity index is 1.59. The van der Waals surface area contributed by atoms with Gasteiger partial charge in [0.05, 0.1) is 13.2 Å². The van der Waals surface area contributed by atoms with Crippen LogP contribution in [0.2, 0.25) is 20.1 Å². The summed E-state index contributed by atoms with van der Waals surface area (Å²) in [6.45, 7) is 2.12. The topological polar surface area (TPSA) is 48.0 Å². The highest BCUT2D eigenvalue weighted by molar-refractivity contribution is 6.35. The normalized spacial score (nSPS) is 16.7. The summed E-state index contributed by atoms with van der Waals surface area (Å²) < 4.78 is 18.1. The van der Waals surface area contributed by atoms with E-state index in [9.17, 15) is 4.79 Å². The van der Waals surface area contributed by atoms with Gasteiger partial charge in [-0.15, -0.1) is 0 Å². The highest BCUT2D eigenvalue weighted by Crippen LogP contribution is 2.49. The standard InChI is InChI=1S/C24H17Cl4NO4/c25-17-8-15(9-18(26)12-17)24(16-10-19(27)13-20(28)11-16)32-21-2-1-14(7-22(21)33-24)23(30)29-3-5-31-6-4-29/h1-2,7-13H,3-6H2. The first-order valence-electron chi connectivity index (χ1n) is 10.2. The van der Waals surface area contributed by atoms with Crippen molar-refractivity contribution in [2.75, 3.05) is 26.3 Å². The van der Waals surface area contributed by atoms with Crippen LogP contribution in [0.4, 0.5) is 0 Å². The Kier molecular flexibility index (Phi) is 6.10. The second-order valence-corrected chi connectivity index (χ2v) is 9.45. The molecule has 0 bridgehead atoms. The Morgan fingerprint density at radius 3 is 1.79 bits per heavy atom. The van der Waals surface area contributed by atoms with Crippen molar-refractivity contribution in [1.29, 1.82) is 0 Å². The van der Waals surface area contributed by atoms with Crippen molar-refractivity contribution in [2.45, 2.75) is 5.79 Å². The number of nitrogens with zero attached hydrogens (tertiary/aromatic N) is 1. The molecule has 2 aliphatic heterocycles. The average molecular weight is 525 g/mol. The van der Waals surface area contributed by atoms with Gasteiger partial charge in [0.15, 0.2) is 11.5 Å². The Bertz CT molecular complexity index is 1150.